The SMILES string of the molecule is CC(=O)O[C@H]1C[C@@]2(C)C3CCC4C(C)C(=O)C=CC45CC35CC[C@]2(C)[C@H]1[C@H](C)C(=O)C(=O)C(C)[C@@H](C)CO. The molecule has 5 rings (SSSR count). The van der Waals surface area contributed by atoms with Crippen LogP contribution in [0.15, 0.2) is 12.2 Å². The monoisotopic (exact) mass is 526 g/mol. The molecule has 2 spiro atoms. The van der Waals surface area contributed by atoms with Gasteiger partial charge in [0.2, 0.25) is 11.6 Å². The van der Waals surface area contributed by atoms with E-state index in [0.29, 0.717) is 18.3 Å². The quantitative estimate of drug-likeness (QED) is 0.372. The van der Waals surface area contributed by atoms with Crippen molar-refractivity contribution in [2.75, 3.05) is 6.61 Å². The van der Waals surface area contributed by atoms with Gasteiger partial charge in [-0.1, -0.05) is 47.6 Å². The molecule has 5 aliphatic carbocycles. The van der Waals surface area contributed by atoms with Crippen molar-refractivity contribution < 1.29 is 29.0 Å². The number of hydrogen-bond acceptors (Lipinski definition) is 6. The number of ketones is 3. The highest BCUT2D eigenvalue weighted by molar-refractivity contribution is 6.38. The van der Waals surface area contributed by atoms with E-state index in [2.05, 4.69) is 26.8 Å². The minimum Gasteiger partial charge on any atom is -0.462 e. The van der Waals surface area contributed by atoms with E-state index in [1.807, 2.05) is 13.0 Å². The van der Waals surface area contributed by atoms with Gasteiger partial charge in [-0.2, -0.15) is 0 Å². The minimum absolute atomic E-state index is 0.0681. The molecule has 1 N–H and O–H groups in total. The van der Waals surface area contributed by atoms with Gasteiger partial charge in [0.15, 0.2) is 5.78 Å². The zero-order valence-electron chi connectivity index (χ0n) is 24.2. The van der Waals surface area contributed by atoms with E-state index in [4.69, 9.17) is 4.74 Å². The first-order valence-corrected chi connectivity index (χ1v) is 14.8. The second-order valence-electron chi connectivity index (χ2n) is 14.3. The number of carbonyl (C=O) groups is 4. The van der Waals surface area contributed by atoms with E-state index < -0.39 is 29.5 Å². The smallest absolute Gasteiger partial charge is 0.302 e. The van der Waals surface area contributed by atoms with Crippen molar-refractivity contribution in [1.82, 2.24) is 0 Å². The Morgan fingerprint density at radius 3 is 2.39 bits per heavy atom. The third kappa shape index (κ3) is 3.40. The summed E-state index contributed by atoms with van der Waals surface area (Å²) in [5, 5.41) is 9.56. The second-order valence-corrected chi connectivity index (χ2v) is 14.3. The number of esters is 1. The van der Waals surface area contributed by atoms with Gasteiger partial charge in [0.25, 0.3) is 0 Å². The standard InChI is InChI=1S/C32H46O6/c1-17(15-33)18(2)27(36)28(37)20(4)26-24(38-21(5)34)14-30(7)25-9-8-22-19(3)23(35)10-11-31(22)16-32(25,31)13-12-29(26,30)6/h10-11,17-20,22,24-26,33H,8-9,12-16H2,1-7H3/t17-,18?,19?,20-,22?,24-,25?,26-,29+,30-,31?,32?/m0/s1. The lowest BCUT2D eigenvalue weighted by Crippen LogP contribution is -2.55. The fourth-order valence-corrected chi connectivity index (χ4v) is 10.6. The highest BCUT2D eigenvalue weighted by Crippen LogP contribution is 2.87. The van der Waals surface area contributed by atoms with Crippen LogP contribution in [0.25, 0.3) is 0 Å². The van der Waals surface area contributed by atoms with Crippen molar-refractivity contribution >= 4 is 23.3 Å². The summed E-state index contributed by atoms with van der Waals surface area (Å²) in [5.74, 6) is -1.69. The molecule has 0 aromatic rings. The summed E-state index contributed by atoms with van der Waals surface area (Å²) in [5.41, 5.74) is -0.152. The number of rotatable bonds is 7. The predicted octanol–water partition coefficient (Wildman–Crippen LogP) is 4.96. The summed E-state index contributed by atoms with van der Waals surface area (Å²) in [4.78, 5) is 51.7. The average Bonchev–Trinajstić information content (AvgIpc) is 3.48. The van der Waals surface area contributed by atoms with Crippen LogP contribution in [0.1, 0.15) is 87.0 Å². The molecule has 38 heavy (non-hydrogen) atoms. The summed E-state index contributed by atoms with van der Waals surface area (Å²) in [6, 6.07) is 0. The van der Waals surface area contributed by atoms with Crippen molar-refractivity contribution in [2.24, 2.45) is 63.1 Å². The molecule has 6 unspecified atom stereocenters. The number of aliphatic hydroxyl groups excluding tert-OH is 1. The van der Waals surface area contributed by atoms with E-state index >= 15 is 0 Å². The van der Waals surface area contributed by atoms with Gasteiger partial charge in [-0.15, -0.1) is 0 Å². The number of fused-ring (bicyclic) bond motifs is 2. The highest BCUT2D eigenvalue weighted by Gasteiger charge is 2.81. The summed E-state index contributed by atoms with van der Waals surface area (Å²) in [6.07, 6.45) is 9.55. The molecule has 0 radical (unpaired) electrons. The Labute approximate surface area is 227 Å². The fourth-order valence-electron chi connectivity index (χ4n) is 10.6. The molecule has 6 nitrogen and oxygen atoms in total. The molecule has 0 aromatic heterocycles. The first kappa shape index (κ1) is 27.7. The van der Waals surface area contributed by atoms with Gasteiger partial charge in [-0.25, -0.2) is 0 Å². The summed E-state index contributed by atoms with van der Waals surface area (Å²) >= 11 is 0. The molecule has 210 valence electrons. The van der Waals surface area contributed by atoms with Crippen LogP contribution in [-0.4, -0.2) is 41.1 Å². The molecule has 12 atom stereocenters. The third-order valence-corrected chi connectivity index (χ3v) is 13.1. The van der Waals surface area contributed by atoms with Crippen molar-refractivity contribution in [2.45, 2.75) is 93.1 Å². The molecule has 6 heteroatoms. The van der Waals surface area contributed by atoms with Gasteiger partial charge >= 0.3 is 5.97 Å². The molecular formula is C32H46O6. The summed E-state index contributed by atoms with van der Waals surface area (Å²) in [7, 11) is 0. The van der Waals surface area contributed by atoms with Gasteiger partial charge in [-0.05, 0) is 84.0 Å². The van der Waals surface area contributed by atoms with Crippen LogP contribution < -0.4 is 0 Å². The maximum Gasteiger partial charge on any atom is 0.302 e. The molecule has 0 aliphatic heterocycles. The van der Waals surface area contributed by atoms with Crippen LogP contribution >= 0.6 is 0 Å². The van der Waals surface area contributed by atoms with Gasteiger partial charge in [0.05, 0.1) is 0 Å². The third-order valence-electron chi connectivity index (χ3n) is 13.1. The van der Waals surface area contributed by atoms with Gasteiger partial charge in [0.1, 0.15) is 6.10 Å². The second kappa shape index (κ2) is 8.84. The average molecular weight is 527 g/mol. The molecule has 4 saturated carbocycles. The van der Waals surface area contributed by atoms with Crippen LogP contribution in [0.3, 0.4) is 0 Å². The first-order valence-electron chi connectivity index (χ1n) is 14.8. The molecule has 0 heterocycles. The lowest BCUT2D eigenvalue weighted by molar-refractivity contribution is -0.156. The van der Waals surface area contributed by atoms with E-state index in [0.717, 1.165) is 32.1 Å². The van der Waals surface area contributed by atoms with Crippen molar-refractivity contribution in [1.29, 1.82) is 0 Å². The minimum atomic E-state index is -0.571. The number of hydrogen-bond donors (Lipinski definition) is 1. The maximum absolute atomic E-state index is 13.6. The molecule has 0 amide bonds. The van der Waals surface area contributed by atoms with Gasteiger partial charge in [0, 0.05) is 37.2 Å². The number of aliphatic hydroxyl groups is 1. The Morgan fingerprint density at radius 2 is 1.76 bits per heavy atom. The van der Waals surface area contributed by atoms with Gasteiger partial charge < -0.3 is 9.84 Å². The lowest BCUT2D eigenvalue weighted by Gasteiger charge is -2.60. The van der Waals surface area contributed by atoms with Gasteiger partial charge in [-0.3, -0.25) is 19.2 Å². The van der Waals surface area contributed by atoms with E-state index in [-0.39, 0.29) is 57.8 Å². The van der Waals surface area contributed by atoms with Crippen LogP contribution in [0.4, 0.5) is 0 Å². The topological polar surface area (TPSA) is 97.7 Å². The largest absolute Gasteiger partial charge is 0.462 e. The van der Waals surface area contributed by atoms with Crippen molar-refractivity contribution in [3.05, 3.63) is 12.2 Å². The normalized spacial score (nSPS) is 47.1. The predicted molar refractivity (Wildman–Crippen MR) is 143 cm³/mol. The molecule has 0 aromatic carbocycles. The number of ether oxygens (including phenoxy) is 1. The molecule has 5 aliphatic rings. The number of carbonyl (C=O) groups excluding carboxylic acids is 4. The Balaban J connectivity index is 1.50. The Kier molecular flexibility index (Phi) is 6.45. The molecular weight excluding hydrogens is 480 g/mol. The van der Waals surface area contributed by atoms with Crippen LogP contribution in [-0.2, 0) is 23.9 Å². The molecule has 0 bridgehead atoms. The van der Waals surface area contributed by atoms with E-state index in [1.54, 1.807) is 13.8 Å². The summed E-state index contributed by atoms with van der Waals surface area (Å²) in [6.45, 7) is 13.4. The van der Waals surface area contributed by atoms with Crippen molar-refractivity contribution in [3.8, 4) is 0 Å². The fraction of sp³-hybridized carbons (Fsp3) is 0.812. The zero-order valence-corrected chi connectivity index (χ0v) is 24.2. The van der Waals surface area contributed by atoms with Crippen molar-refractivity contribution in [3.63, 3.8) is 0 Å². The Morgan fingerprint density at radius 1 is 1.08 bits per heavy atom. The number of allylic oxidation sites excluding steroid dienone is 2. The Hall–Kier alpha value is -1.82. The van der Waals surface area contributed by atoms with Crippen LogP contribution in [0.5, 0.6) is 0 Å². The highest BCUT2D eigenvalue weighted by atomic mass is 16.5. The lowest BCUT2D eigenvalue weighted by atomic mass is 9.43. The number of Topliss-reactive ketones (excluding diaryl/α,β-unsaturated/α-hetero) is 2. The van der Waals surface area contributed by atoms with Crippen LogP contribution in [0, 0.1) is 63.1 Å². The summed E-state index contributed by atoms with van der Waals surface area (Å²) < 4.78 is 5.99. The molecule has 0 saturated heterocycles. The van der Waals surface area contributed by atoms with E-state index in [9.17, 15) is 24.3 Å². The van der Waals surface area contributed by atoms with E-state index in [1.165, 1.54) is 6.92 Å². The Bertz CT molecular complexity index is 1090. The maximum atomic E-state index is 13.6. The van der Waals surface area contributed by atoms with Crippen LogP contribution in [0.2, 0.25) is 0 Å². The zero-order chi connectivity index (χ0) is 28.0. The first-order chi connectivity index (χ1) is 17.7. The molecule has 4 fully saturated rings.